The lowest BCUT2D eigenvalue weighted by Gasteiger charge is -2.20. The number of nitrogens with one attached hydrogen (secondary N) is 1. The molecule has 0 aliphatic carbocycles. The minimum atomic E-state index is -5.27. The summed E-state index contributed by atoms with van der Waals surface area (Å²) in [6, 6.07) is 0.253. The Morgan fingerprint density at radius 2 is 1.95 bits per heavy atom. The lowest BCUT2D eigenvalue weighted by atomic mass is 10.1. The van der Waals surface area contributed by atoms with Gasteiger partial charge in [0.25, 0.3) is 0 Å². The number of alkyl halides is 3. The van der Waals surface area contributed by atoms with E-state index in [2.05, 4.69) is 0 Å². The molecule has 118 valence electrons. The first-order chi connectivity index (χ1) is 15.2. The zero-order valence-electron chi connectivity index (χ0n) is 22.9. The van der Waals surface area contributed by atoms with Crippen molar-refractivity contribution in [1.29, 1.82) is 0 Å². The highest BCUT2D eigenvalue weighted by Crippen LogP contribution is 2.31. The van der Waals surface area contributed by atoms with Gasteiger partial charge in [-0.3, -0.25) is 0 Å². The molecular weight excluding hydrogens is 291 g/mol. The van der Waals surface area contributed by atoms with Crippen LogP contribution in [0, 0.1) is 0 Å². The quantitative estimate of drug-likeness (QED) is 0.849. The zero-order valence-corrected chi connectivity index (χ0v) is 10.9. The van der Waals surface area contributed by atoms with Crippen molar-refractivity contribution in [1.82, 2.24) is 5.32 Å². The summed E-state index contributed by atoms with van der Waals surface area (Å²) in [7, 11) is 0. The van der Waals surface area contributed by atoms with Crippen molar-refractivity contribution in [2.24, 2.45) is 0 Å². The number of hydrogen-bond acceptors (Lipinski definition) is 2. The Morgan fingerprint density at radius 3 is 2.55 bits per heavy atom. The lowest BCUT2D eigenvalue weighted by Crippen LogP contribution is -2.16. The number of hydrogen-bond donors (Lipinski definition) is 1. The van der Waals surface area contributed by atoms with Gasteiger partial charge in [0.1, 0.15) is 11.8 Å². The highest BCUT2D eigenvalue weighted by Gasteiger charge is 2.30. The molecular formula is C17H18F3NO. The van der Waals surface area contributed by atoms with E-state index in [4.69, 9.17) is 21.2 Å². The van der Waals surface area contributed by atoms with Crippen LogP contribution in [0.3, 0.4) is 0 Å². The van der Waals surface area contributed by atoms with Crippen LogP contribution in [0.2, 0.25) is 0 Å². The summed E-state index contributed by atoms with van der Waals surface area (Å²) in [5.41, 5.74) is -2.36. The number of rotatable bonds is 6. The molecule has 0 aromatic heterocycles. The minimum Gasteiger partial charge on any atom is -0.486 e. The molecule has 1 atom stereocenters. The average molecular weight is 321 g/mol. The normalized spacial score (nSPS) is 24.1. The summed E-state index contributed by atoms with van der Waals surface area (Å²) in [5.74, 6) is -1.25. The summed E-state index contributed by atoms with van der Waals surface area (Å²) in [6.45, 7) is -6.76. The minimum absolute atomic E-state index is 0.451. The topological polar surface area (TPSA) is 21.3 Å². The molecule has 2 aromatic rings. The first-order valence-corrected chi connectivity index (χ1v) is 5.89. The predicted molar refractivity (Wildman–Crippen MR) is 79.8 cm³/mol. The fourth-order valence-corrected chi connectivity index (χ4v) is 1.43. The maximum absolute atomic E-state index is 13.3. The second-order valence-corrected chi connectivity index (χ2v) is 3.87. The fourth-order valence-electron chi connectivity index (χ4n) is 1.43. The van der Waals surface area contributed by atoms with Crippen molar-refractivity contribution in [2.75, 3.05) is 13.5 Å². The molecule has 5 heteroatoms. The molecule has 0 amide bonds. The first-order valence-electron chi connectivity index (χ1n) is 11.9. The maximum Gasteiger partial charge on any atom is 0.416 e. The largest absolute Gasteiger partial charge is 0.486 e. The van der Waals surface area contributed by atoms with Gasteiger partial charge in [0, 0.05) is 16.0 Å². The van der Waals surface area contributed by atoms with E-state index in [9.17, 15) is 13.2 Å². The van der Waals surface area contributed by atoms with Gasteiger partial charge in [0.05, 0.1) is 12.4 Å². The van der Waals surface area contributed by atoms with Crippen LogP contribution < -0.4 is 10.1 Å². The summed E-state index contributed by atoms with van der Waals surface area (Å²) >= 11 is 0. The number of benzene rings is 2. The first kappa shape index (κ1) is 6.62. The summed E-state index contributed by atoms with van der Waals surface area (Å²) in [4.78, 5) is 0. The third-order valence-corrected chi connectivity index (χ3v) is 2.36. The van der Waals surface area contributed by atoms with Crippen molar-refractivity contribution in [3.05, 3.63) is 65.6 Å². The van der Waals surface area contributed by atoms with E-state index in [1.165, 1.54) is 23.5 Å². The van der Waals surface area contributed by atoms with Crippen LogP contribution in [0.1, 0.15) is 40.0 Å². The van der Waals surface area contributed by atoms with Crippen molar-refractivity contribution >= 4 is 0 Å². The van der Waals surface area contributed by atoms with Crippen LogP contribution in [0.5, 0.6) is 5.75 Å². The Labute approximate surface area is 144 Å². The number of ether oxygens (including phenoxy) is 1. The maximum atomic E-state index is 13.3. The third-order valence-electron chi connectivity index (χ3n) is 2.36. The van der Waals surface area contributed by atoms with E-state index in [0.29, 0.717) is 0 Å². The molecule has 2 aromatic carbocycles. The van der Waals surface area contributed by atoms with Crippen LogP contribution >= 0.6 is 0 Å². The van der Waals surface area contributed by atoms with Crippen LogP contribution in [0.15, 0.2) is 54.5 Å². The van der Waals surface area contributed by atoms with Crippen molar-refractivity contribution in [3.63, 3.8) is 0 Å². The fraction of sp³-hybridized carbons (Fsp3) is 0.294. The van der Waals surface area contributed by atoms with Crippen molar-refractivity contribution in [2.45, 2.75) is 18.6 Å². The lowest BCUT2D eigenvalue weighted by molar-refractivity contribution is -0.137. The smallest absolute Gasteiger partial charge is 0.416 e. The van der Waals surface area contributed by atoms with Crippen LogP contribution in [0.25, 0.3) is 0 Å². The molecule has 22 heavy (non-hydrogen) atoms. The standard InChI is InChI=1S/C17H18F3NO/c1-21-12-11-16(13-5-3-2-4-6-13)22-15-9-7-14(8-10-15)17(18,19)20/h2-10,16,21H,11-12H2,1H3/i1D3,7D,8D,9D,10D,11D2,12D2,16D. The molecule has 0 aliphatic heterocycles. The Morgan fingerprint density at radius 1 is 1.27 bits per heavy atom. The summed E-state index contributed by atoms with van der Waals surface area (Å²) in [6.07, 6.45) is -12.2. The molecule has 0 bridgehead atoms. The molecule has 2 nitrogen and oxygen atoms in total. The molecule has 0 aliphatic rings. The second-order valence-electron chi connectivity index (χ2n) is 3.87. The van der Waals surface area contributed by atoms with Gasteiger partial charge in [-0.05, 0) is 43.2 Å². The molecule has 2 rings (SSSR count). The van der Waals surface area contributed by atoms with E-state index >= 15 is 0 Å². The van der Waals surface area contributed by atoms with Crippen molar-refractivity contribution < 1.29 is 34.4 Å². The van der Waals surface area contributed by atoms with Gasteiger partial charge in [0.15, 0.2) is 0 Å². The molecule has 0 saturated carbocycles. The highest BCUT2D eigenvalue weighted by molar-refractivity contribution is 5.30. The van der Waals surface area contributed by atoms with Gasteiger partial charge in [-0.2, -0.15) is 13.2 Å². The van der Waals surface area contributed by atoms with Gasteiger partial charge in [-0.1, -0.05) is 30.3 Å². The van der Waals surface area contributed by atoms with E-state index in [-0.39, 0.29) is 0 Å². The molecule has 0 heterocycles. The molecule has 1 N–H and O–H groups in total. The van der Waals surface area contributed by atoms with Gasteiger partial charge in [-0.25, -0.2) is 0 Å². The Hall–Kier alpha value is -2.01. The zero-order chi connectivity index (χ0) is 26.5. The van der Waals surface area contributed by atoms with Gasteiger partial charge >= 0.3 is 6.18 Å². The molecule has 0 saturated heterocycles. The molecule has 0 fully saturated rings. The van der Waals surface area contributed by atoms with Crippen molar-refractivity contribution in [3.8, 4) is 5.75 Å². The molecule has 1 unspecified atom stereocenters. The van der Waals surface area contributed by atoms with Gasteiger partial charge in [0.2, 0.25) is 0 Å². The second kappa shape index (κ2) is 7.31. The number of halogens is 3. The summed E-state index contributed by atoms with van der Waals surface area (Å²) < 4.78 is 139. The van der Waals surface area contributed by atoms with E-state index in [1.807, 2.05) is 0 Å². The Balaban J connectivity index is 2.82. The van der Waals surface area contributed by atoms with E-state index < -0.39 is 73.1 Å². The van der Waals surface area contributed by atoms with E-state index in [0.717, 1.165) is 12.1 Å². The van der Waals surface area contributed by atoms with E-state index in [1.54, 1.807) is 0 Å². The molecule has 0 radical (unpaired) electrons. The SMILES string of the molecule is [2H]c1c([2H])c(C(F)(F)F)c([2H])c([2H])c1OC([2H])(c1ccccc1)C([2H])([2H])C([2H])([2H])NC([2H])([2H])[2H]. The Kier molecular flexibility index (Phi) is 2.20. The van der Waals surface area contributed by atoms with Gasteiger partial charge in [-0.15, -0.1) is 0 Å². The Bertz CT molecular complexity index is 1030. The van der Waals surface area contributed by atoms with Crippen LogP contribution in [0.4, 0.5) is 13.2 Å². The monoisotopic (exact) mass is 321 g/mol. The van der Waals surface area contributed by atoms with Crippen LogP contribution in [-0.2, 0) is 6.18 Å². The highest BCUT2D eigenvalue weighted by atomic mass is 19.4. The van der Waals surface area contributed by atoms with Crippen LogP contribution in [-0.4, -0.2) is 13.5 Å². The van der Waals surface area contributed by atoms with Gasteiger partial charge < -0.3 is 10.1 Å². The predicted octanol–water partition coefficient (Wildman–Crippen LogP) is 4.44. The average Bonchev–Trinajstić information content (AvgIpc) is 2.67. The summed E-state index contributed by atoms with van der Waals surface area (Å²) in [5, 5.41) is 1.42. The molecule has 0 spiro atoms. The third kappa shape index (κ3) is 4.49.